The first-order valence-electron chi connectivity index (χ1n) is 11.0. The topological polar surface area (TPSA) is 90.9 Å². The molecule has 0 fully saturated rings. The van der Waals surface area contributed by atoms with Crippen molar-refractivity contribution in [2.45, 2.75) is 6.42 Å². The molecule has 0 radical (unpaired) electrons. The predicted octanol–water partition coefficient (Wildman–Crippen LogP) is 6.27. The fourth-order valence-electron chi connectivity index (χ4n) is 3.88. The highest BCUT2D eigenvalue weighted by molar-refractivity contribution is 9.10. The van der Waals surface area contributed by atoms with Crippen molar-refractivity contribution in [3.8, 4) is 23.0 Å². The van der Waals surface area contributed by atoms with Gasteiger partial charge in [0, 0.05) is 39.9 Å². The third-order valence-electron chi connectivity index (χ3n) is 5.67. The largest absolute Gasteiger partial charge is 0.493 e. The van der Waals surface area contributed by atoms with Crippen molar-refractivity contribution in [1.29, 1.82) is 0 Å². The molecule has 1 heterocycles. The second kappa shape index (κ2) is 11.2. The number of nitrogens with one attached hydrogen (secondary N) is 2. The maximum absolute atomic E-state index is 12.8. The fraction of sp³-hybridized carbons (Fsp3) is 0.185. The van der Waals surface area contributed by atoms with Crippen molar-refractivity contribution in [1.82, 2.24) is 4.98 Å². The number of hydrogen-bond donors (Lipinski definition) is 2. The second-order valence-electron chi connectivity index (χ2n) is 7.81. The Labute approximate surface area is 217 Å². The molecule has 2 amide bonds. The van der Waals surface area contributed by atoms with Crippen molar-refractivity contribution >= 4 is 44.1 Å². The van der Waals surface area contributed by atoms with E-state index in [1.165, 1.54) is 0 Å². The fourth-order valence-corrected chi connectivity index (χ4v) is 4.15. The van der Waals surface area contributed by atoms with E-state index >= 15 is 0 Å². The summed E-state index contributed by atoms with van der Waals surface area (Å²) in [5.74, 6) is 2.29. The second-order valence-corrected chi connectivity index (χ2v) is 8.73. The van der Waals surface area contributed by atoms with Gasteiger partial charge in [0.15, 0.2) is 23.0 Å². The number of halogens is 1. The van der Waals surface area contributed by atoms with Crippen LogP contribution in [0.2, 0.25) is 0 Å². The van der Waals surface area contributed by atoms with Crippen LogP contribution in [0.15, 0.2) is 65.3 Å². The third-order valence-corrected chi connectivity index (χ3v) is 6.20. The molecule has 0 aliphatic heterocycles. The highest BCUT2D eigenvalue weighted by Crippen LogP contribution is 2.37. The lowest BCUT2D eigenvalue weighted by atomic mass is 10.0. The summed E-state index contributed by atoms with van der Waals surface area (Å²) < 4.78 is 22.9. The van der Waals surface area contributed by atoms with Gasteiger partial charge in [0.1, 0.15) is 0 Å². The number of fused-ring (bicyclic) bond motifs is 1. The summed E-state index contributed by atoms with van der Waals surface area (Å²) in [6, 6.07) is 16.3. The highest BCUT2D eigenvalue weighted by atomic mass is 79.9. The summed E-state index contributed by atoms with van der Waals surface area (Å²) in [4.78, 5) is 17.5. The molecule has 0 aliphatic rings. The van der Waals surface area contributed by atoms with Gasteiger partial charge in [0.25, 0.3) is 0 Å². The van der Waals surface area contributed by atoms with Crippen molar-refractivity contribution in [2.24, 2.45) is 0 Å². The molecule has 4 rings (SSSR count). The van der Waals surface area contributed by atoms with E-state index in [9.17, 15) is 4.79 Å². The zero-order valence-corrected chi connectivity index (χ0v) is 21.9. The number of amides is 2. The molecule has 186 valence electrons. The average molecular weight is 552 g/mol. The van der Waals surface area contributed by atoms with Crippen molar-refractivity contribution in [3.63, 3.8) is 0 Å². The summed E-state index contributed by atoms with van der Waals surface area (Å²) in [6.45, 7) is 0. The number of ether oxygens (including phenoxy) is 4. The lowest BCUT2D eigenvalue weighted by Gasteiger charge is -2.17. The van der Waals surface area contributed by atoms with Gasteiger partial charge in [-0.05, 0) is 59.5 Å². The number of nitrogens with zero attached hydrogens (tertiary/aromatic N) is 1. The van der Waals surface area contributed by atoms with E-state index in [2.05, 4.69) is 31.5 Å². The zero-order chi connectivity index (χ0) is 25.7. The molecular formula is C27H26BrN3O5. The average Bonchev–Trinajstić information content (AvgIpc) is 2.89. The Balaban J connectivity index is 1.72. The monoisotopic (exact) mass is 551 g/mol. The van der Waals surface area contributed by atoms with E-state index in [1.54, 1.807) is 52.8 Å². The van der Waals surface area contributed by atoms with Gasteiger partial charge in [-0.3, -0.25) is 4.98 Å². The van der Waals surface area contributed by atoms with Crippen LogP contribution in [-0.4, -0.2) is 39.5 Å². The number of urea groups is 1. The van der Waals surface area contributed by atoms with Crippen molar-refractivity contribution < 1.29 is 23.7 Å². The minimum Gasteiger partial charge on any atom is -0.493 e. The number of carbonyl (C=O) groups excluding carboxylic acids is 1. The van der Waals surface area contributed by atoms with Gasteiger partial charge >= 0.3 is 6.03 Å². The lowest BCUT2D eigenvalue weighted by Crippen LogP contribution is -2.20. The quantitative estimate of drug-likeness (QED) is 0.268. The molecule has 36 heavy (non-hydrogen) atoms. The van der Waals surface area contributed by atoms with Crippen LogP contribution in [0.3, 0.4) is 0 Å². The first-order valence-corrected chi connectivity index (χ1v) is 11.8. The van der Waals surface area contributed by atoms with Gasteiger partial charge in [-0.15, -0.1) is 0 Å². The lowest BCUT2D eigenvalue weighted by molar-refractivity contribution is 0.262. The molecule has 3 aromatic carbocycles. The molecule has 0 saturated carbocycles. The summed E-state index contributed by atoms with van der Waals surface area (Å²) in [5, 5.41) is 7.65. The Hall–Kier alpha value is -3.98. The number of anilines is 2. The Morgan fingerprint density at radius 3 is 2.08 bits per heavy atom. The van der Waals surface area contributed by atoms with Gasteiger partial charge in [0.05, 0.1) is 34.1 Å². The van der Waals surface area contributed by atoms with E-state index < -0.39 is 0 Å². The van der Waals surface area contributed by atoms with E-state index in [1.807, 2.05) is 36.4 Å². The van der Waals surface area contributed by atoms with E-state index in [0.717, 1.165) is 26.5 Å². The van der Waals surface area contributed by atoms with Crippen LogP contribution in [0.1, 0.15) is 11.3 Å². The maximum atomic E-state index is 12.8. The number of benzene rings is 3. The van der Waals surface area contributed by atoms with E-state index in [4.69, 9.17) is 18.9 Å². The van der Waals surface area contributed by atoms with Crippen molar-refractivity contribution in [3.05, 3.63) is 76.5 Å². The van der Waals surface area contributed by atoms with Crippen LogP contribution < -0.4 is 29.6 Å². The molecule has 0 saturated heterocycles. The third kappa shape index (κ3) is 5.46. The number of carbonyl (C=O) groups is 1. The number of methoxy groups -OCH3 is 4. The first kappa shape index (κ1) is 25.1. The Morgan fingerprint density at radius 2 is 1.42 bits per heavy atom. The molecule has 0 bridgehead atoms. The number of hydrogen-bond acceptors (Lipinski definition) is 6. The van der Waals surface area contributed by atoms with Gasteiger partial charge in [-0.2, -0.15) is 0 Å². The van der Waals surface area contributed by atoms with Crippen molar-refractivity contribution in [2.75, 3.05) is 39.1 Å². The van der Waals surface area contributed by atoms with Gasteiger partial charge in [-0.1, -0.05) is 15.9 Å². The Bertz CT molecular complexity index is 1390. The summed E-state index contributed by atoms with van der Waals surface area (Å²) in [5.41, 5.74) is 2.83. The number of rotatable bonds is 8. The molecule has 9 heteroatoms. The molecule has 1 aromatic heterocycles. The standard InChI is InChI=1S/C27H26BrN3O5/c1-33-23-12-16-9-10-29-22(20(16)14-25(23)35-3)11-17-13-24(34-2)26(36-4)15-21(17)31-27(32)30-19-7-5-18(28)6-8-19/h5-10,12-15H,11H2,1-4H3,(H2,30,31,32). The molecule has 0 unspecified atom stereocenters. The van der Waals surface area contributed by atoms with Gasteiger partial charge < -0.3 is 29.6 Å². The van der Waals surface area contributed by atoms with Gasteiger partial charge in [0.2, 0.25) is 0 Å². The zero-order valence-electron chi connectivity index (χ0n) is 20.3. The van der Waals surface area contributed by atoms with Crippen LogP contribution in [0.4, 0.5) is 16.2 Å². The van der Waals surface area contributed by atoms with Crippen LogP contribution >= 0.6 is 15.9 Å². The molecule has 4 aromatic rings. The number of aromatic nitrogens is 1. The molecule has 8 nitrogen and oxygen atoms in total. The normalized spacial score (nSPS) is 10.6. The summed E-state index contributed by atoms with van der Waals surface area (Å²) in [7, 11) is 6.32. The van der Waals surface area contributed by atoms with Crippen LogP contribution in [0.25, 0.3) is 10.8 Å². The molecule has 0 atom stereocenters. The van der Waals surface area contributed by atoms with Crippen LogP contribution in [-0.2, 0) is 6.42 Å². The van der Waals surface area contributed by atoms with E-state index in [0.29, 0.717) is 40.8 Å². The van der Waals surface area contributed by atoms with Gasteiger partial charge in [-0.25, -0.2) is 4.79 Å². The Morgan fingerprint density at radius 1 is 0.806 bits per heavy atom. The predicted molar refractivity (Wildman–Crippen MR) is 144 cm³/mol. The highest BCUT2D eigenvalue weighted by Gasteiger charge is 2.17. The maximum Gasteiger partial charge on any atom is 0.323 e. The molecule has 2 N–H and O–H groups in total. The molecular weight excluding hydrogens is 526 g/mol. The number of pyridine rings is 1. The first-order chi connectivity index (χ1) is 17.4. The summed E-state index contributed by atoms with van der Waals surface area (Å²) >= 11 is 3.40. The van der Waals surface area contributed by atoms with E-state index in [-0.39, 0.29) is 6.03 Å². The van der Waals surface area contributed by atoms with Crippen LogP contribution in [0, 0.1) is 0 Å². The summed E-state index contributed by atoms with van der Waals surface area (Å²) in [6.07, 6.45) is 2.17. The molecule has 0 aliphatic carbocycles. The Kier molecular flexibility index (Phi) is 7.80. The SMILES string of the molecule is COc1cc(Cc2nccc3cc(OC)c(OC)cc23)c(NC(=O)Nc2ccc(Br)cc2)cc1OC. The minimum atomic E-state index is -0.386. The van der Waals surface area contributed by atoms with Crippen LogP contribution in [0.5, 0.6) is 23.0 Å². The minimum absolute atomic E-state index is 0.386. The molecule has 0 spiro atoms. The smallest absolute Gasteiger partial charge is 0.323 e.